The highest BCUT2D eigenvalue weighted by Crippen LogP contribution is 2.54. The summed E-state index contributed by atoms with van der Waals surface area (Å²) in [5.41, 5.74) is 8.22. The molecule has 52 heavy (non-hydrogen) atoms. The van der Waals surface area contributed by atoms with Crippen LogP contribution in [0.3, 0.4) is 0 Å². The molecule has 6 aromatic carbocycles. The first-order valence-corrected chi connectivity index (χ1v) is 17.4. The van der Waals surface area contributed by atoms with Gasteiger partial charge in [-0.05, 0) is 72.0 Å². The molecule has 0 amide bonds. The van der Waals surface area contributed by atoms with Crippen LogP contribution in [0.1, 0.15) is 46.0 Å². The Morgan fingerprint density at radius 1 is 0.577 bits per heavy atom. The van der Waals surface area contributed by atoms with Crippen LogP contribution in [0.4, 0.5) is 17.1 Å². The number of anilines is 3. The first-order chi connectivity index (χ1) is 25.4. The molecule has 0 fully saturated rings. The maximum absolute atomic E-state index is 9.80. The van der Waals surface area contributed by atoms with E-state index in [1.165, 1.54) is 0 Å². The molecule has 0 radical (unpaired) electrons. The number of para-hydroxylation sites is 4. The Hall–Kier alpha value is -6.76. The lowest BCUT2D eigenvalue weighted by Gasteiger charge is -2.33. The quantitative estimate of drug-likeness (QED) is 0.170. The van der Waals surface area contributed by atoms with E-state index in [1.54, 1.807) is 0 Å². The van der Waals surface area contributed by atoms with Crippen molar-refractivity contribution in [1.29, 1.82) is 10.5 Å². The van der Waals surface area contributed by atoms with Gasteiger partial charge in [0.25, 0.3) is 0 Å². The van der Waals surface area contributed by atoms with Gasteiger partial charge in [-0.3, -0.25) is 0 Å². The van der Waals surface area contributed by atoms with E-state index in [2.05, 4.69) is 103 Å². The number of aromatic nitrogens is 2. The Bertz CT molecular complexity index is 2550. The van der Waals surface area contributed by atoms with Crippen LogP contribution in [-0.2, 0) is 0 Å². The number of fused-ring (bicyclic) bond motifs is 6. The van der Waals surface area contributed by atoms with Crippen LogP contribution in [-0.4, -0.2) is 9.97 Å². The van der Waals surface area contributed by atoms with E-state index in [-0.39, 0.29) is 11.4 Å². The van der Waals surface area contributed by atoms with Gasteiger partial charge in [-0.25, -0.2) is 9.97 Å². The Labute approximate surface area is 304 Å². The Morgan fingerprint density at radius 2 is 1.13 bits per heavy atom. The third kappa shape index (κ3) is 5.81. The highest BCUT2D eigenvalue weighted by Gasteiger charge is 2.31. The number of ether oxygens (including phenoxy) is 1. The van der Waals surface area contributed by atoms with Crippen LogP contribution in [0.5, 0.6) is 11.5 Å². The van der Waals surface area contributed by atoms with Crippen LogP contribution in [0, 0.1) is 28.6 Å². The summed E-state index contributed by atoms with van der Waals surface area (Å²) >= 11 is 0. The predicted octanol–water partition coefficient (Wildman–Crippen LogP) is 12.7. The van der Waals surface area contributed by atoms with Crippen molar-refractivity contribution in [2.24, 2.45) is 5.92 Å². The van der Waals surface area contributed by atoms with E-state index in [0.29, 0.717) is 11.4 Å². The second kappa shape index (κ2) is 14.2. The second-order valence-corrected chi connectivity index (χ2v) is 13.2. The van der Waals surface area contributed by atoms with Crippen molar-refractivity contribution >= 4 is 38.6 Å². The van der Waals surface area contributed by atoms with Crippen molar-refractivity contribution in [2.75, 3.05) is 4.90 Å². The molecule has 1 aliphatic carbocycles. The summed E-state index contributed by atoms with van der Waals surface area (Å²) in [6, 6.07) is 43.4. The fourth-order valence-electron chi connectivity index (χ4n) is 6.68. The Kier molecular flexibility index (Phi) is 9.23. The minimum absolute atomic E-state index is 0.0341. The lowest BCUT2D eigenvalue weighted by atomic mass is 9.90. The fourth-order valence-corrected chi connectivity index (χ4v) is 6.68. The van der Waals surface area contributed by atoms with Crippen LogP contribution in [0.2, 0.25) is 0 Å². The van der Waals surface area contributed by atoms with Gasteiger partial charge in [0.15, 0.2) is 22.9 Å². The smallest absolute Gasteiger partial charge is 0.177 e. The first kappa shape index (κ1) is 33.7. The standard InChI is InChI=1S/C38H19N5O.C4H10.C4H8/c39-20-28-29(21-40)42-38-36-26(17-16-22-8-7-11-27(35(22)36)37(38)41-28)24-18-19-30(25-10-2-1-9-23(24)25)43-31-12-3-5-14-33(31)44-34-15-6-4-13-32(34)43;1-4(2)3;1-3-4-2/h1-19H;4H,1-3H3;3-4H,1-2H3/b;;4-3-. The van der Waals surface area contributed by atoms with Gasteiger partial charge in [-0.1, -0.05) is 118 Å². The molecule has 6 nitrogen and oxygen atoms in total. The topological polar surface area (TPSA) is 85.8 Å². The highest BCUT2D eigenvalue weighted by molar-refractivity contribution is 6.19. The van der Waals surface area contributed by atoms with E-state index in [4.69, 9.17) is 9.72 Å². The fraction of sp³-hybridized carbons (Fsp3) is 0.130. The van der Waals surface area contributed by atoms with Crippen molar-refractivity contribution in [3.05, 3.63) is 139 Å². The number of allylic oxidation sites excluding steroid dienone is 2. The van der Waals surface area contributed by atoms with Crippen molar-refractivity contribution < 1.29 is 4.74 Å². The zero-order chi connectivity index (χ0) is 36.4. The zero-order valence-electron chi connectivity index (χ0n) is 29.8. The lowest BCUT2D eigenvalue weighted by molar-refractivity contribution is 0.477. The molecule has 0 unspecified atom stereocenters. The summed E-state index contributed by atoms with van der Waals surface area (Å²) in [5, 5.41) is 23.7. The number of hydrogen-bond donors (Lipinski definition) is 0. The summed E-state index contributed by atoms with van der Waals surface area (Å²) in [6.45, 7) is 10.5. The molecule has 0 N–H and O–H groups in total. The number of nitriles is 2. The van der Waals surface area contributed by atoms with E-state index in [9.17, 15) is 10.5 Å². The van der Waals surface area contributed by atoms with Crippen LogP contribution < -0.4 is 9.64 Å². The van der Waals surface area contributed by atoms with Crippen LogP contribution in [0.15, 0.2) is 127 Å². The number of rotatable bonds is 2. The normalized spacial score (nSPS) is 11.7. The number of hydrogen-bond acceptors (Lipinski definition) is 6. The summed E-state index contributed by atoms with van der Waals surface area (Å²) in [4.78, 5) is 11.6. The molecule has 1 aromatic heterocycles. The molecule has 0 spiro atoms. The monoisotopic (exact) mass is 675 g/mol. The summed E-state index contributed by atoms with van der Waals surface area (Å²) in [5.74, 6) is 2.43. The number of benzene rings is 6. The predicted molar refractivity (Wildman–Crippen MR) is 212 cm³/mol. The SMILES string of the molecule is C/C=C\C.CC(C)C.N#Cc1nc2c(nc1C#N)-c1c(-c3ccc(N4c5ccccc5Oc5ccccc54)c4ccccc34)ccc3cccc-2c13. The molecule has 7 aromatic rings. The molecular weight excluding hydrogens is 639 g/mol. The average Bonchev–Trinajstić information content (AvgIpc) is 3.50. The molecule has 1 aliphatic heterocycles. The van der Waals surface area contributed by atoms with E-state index < -0.39 is 0 Å². The lowest BCUT2D eigenvalue weighted by Crippen LogP contribution is -2.16. The van der Waals surface area contributed by atoms with Crippen LogP contribution in [0.25, 0.3) is 55.2 Å². The molecule has 0 saturated carbocycles. The molecule has 252 valence electrons. The van der Waals surface area contributed by atoms with Gasteiger partial charge in [-0.2, -0.15) is 10.5 Å². The van der Waals surface area contributed by atoms with Gasteiger partial charge in [0.2, 0.25) is 0 Å². The van der Waals surface area contributed by atoms with Crippen molar-refractivity contribution in [3.63, 3.8) is 0 Å². The minimum Gasteiger partial charge on any atom is -0.453 e. The molecule has 0 saturated heterocycles. The van der Waals surface area contributed by atoms with Gasteiger partial charge in [-0.15, -0.1) is 0 Å². The molecule has 0 atom stereocenters. The number of nitrogens with zero attached hydrogens (tertiary/aromatic N) is 5. The van der Waals surface area contributed by atoms with Crippen molar-refractivity contribution in [2.45, 2.75) is 34.6 Å². The molecule has 2 aliphatic rings. The second-order valence-electron chi connectivity index (χ2n) is 13.2. The summed E-state index contributed by atoms with van der Waals surface area (Å²) < 4.78 is 6.28. The van der Waals surface area contributed by atoms with Gasteiger partial charge >= 0.3 is 0 Å². The maximum Gasteiger partial charge on any atom is 0.177 e. The van der Waals surface area contributed by atoms with E-state index in [0.717, 1.165) is 78.3 Å². The van der Waals surface area contributed by atoms with Crippen LogP contribution >= 0.6 is 0 Å². The molecule has 9 rings (SSSR count). The average molecular weight is 676 g/mol. The molecule has 2 heterocycles. The Balaban J connectivity index is 0.000000480. The van der Waals surface area contributed by atoms with Gasteiger partial charge in [0.05, 0.1) is 28.5 Å². The third-order valence-electron chi connectivity index (χ3n) is 8.84. The van der Waals surface area contributed by atoms with Crippen molar-refractivity contribution in [3.8, 4) is 57.3 Å². The summed E-state index contributed by atoms with van der Waals surface area (Å²) in [7, 11) is 0. The van der Waals surface area contributed by atoms with E-state index >= 15 is 0 Å². The minimum atomic E-state index is 0.0341. The third-order valence-corrected chi connectivity index (χ3v) is 8.84. The summed E-state index contributed by atoms with van der Waals surface area (Å²) in [6.07, 6.45) is 4.00. The zero-order valence-corrected chi connectivity index (χ0v) is 29.8. The molecule has 6 heteroatoms. The largest absolute Gasteiger partial charge is 0.453 e. The van der Waals surface area contributed by atoms with E-state index in [1.807, 2.05) is 80.6 Å². The highest BCUT2D eigenvalue weighted by atomic mass is 16.5. The van der Waals surface area contributed by atoms with Gasteiger partial charge < -0.3 is 9.64 Å². The van der Waals surface area contributed by atoms with Gasteiger partial charge in [0, 0.05) is 21.9 Å². The first-order valence-electron chi connectivity index (χ1n) is 17.4. The maximum atomic E-state index is 9.80. The molecular formula is C46H37N5O. The van der Waals surface area contributed by atoms with Gasteiger partial charge in [0.1, 0.15) is 12.1 Å². The van der Waals surface area contributed by atoms with Crippen molar-refractivity contribution in [1.82, 2.24) is 9.97 Å². The molecule has 0 bridgehead atoms. The Morgan fingerprint density at radius 3 is 1.75 bits per heavy atom.